The smallest absolute Gasteiger partial charge is 0.203 e. The zero-order chi connectivity index (χ0) is 16.2. The summed E-state index contributed by atoms with van der Waals surface area (Å²) in [5.41, 5.74) is 5.58. The fourth-order valence-electron chi connectivity index (χ4n) is 1.91. The van der Waals surface area contributed by atoms with Gasteiger partial charge < -0.3 is 5.11 Å². The minimum Gasteiger partial charge on any atom is -0.506 e. The molecule has 0 bridgehead atoms. The van der Waals surface area contributed by atoms with Crippen molar-refractivity contribution >= 4 is 67.9 Å². The van der Waals surface area contributed by atoms with E-state index in [4.69, 9.17) is 0 Å². The lowest BCUT2D eigenvalue weighted by Gasteiger charge is -2.02. The zero-order valence-electron chi connectivity index (χ0n) is 11.7. The Morgan fingerprint density at radius 3 is 2.74 bits per heavy atom. The second-order valence-corrected chi connectivity index (χ2v) is 7.87. The first-order valence-electron chi connectivity index (χ1n) is 6.61. The van der Waals surface area contributed by atoms with E-state index in [1.165, 1.54) is 11.3 Å². The number of nitrogens with one attached hydrogen (secondary N) is 1. The number of benzene rings is 2. The highest BCUT2D eigenvalue weighted by Gasteiger charge is 2.06. The molecular weight excluding hydrogens is 536 g/mol. The molecule has 1 aromatic heterocycles. The summed E-state index contributed by atoms with van der Waals surface area (Å²) < 4.78 is 1.85. The summed E-state index contributed by atoms with van der Waals surface area (Å²) in [6, 6.07) is 13.8. The van der Waals surface area contributed by atoms with Gasteiger partial charge in [0.25, 0.3) is 0 Å². The average Bonchev–Trinajstić information content (AvgIpc) is 3.02. The molecule has 3 rings (SSSR count). The summed E-state index contributed by atoms with van der Waals surface area (Å²) in [7, 11) is 0. The van der Waals surface area contributed by atoms with E-state index in [9.17, 15) is 5.11 Å². The van der Waals surface area contributed by atoms with E-state index in [1.807, 2.05) is 47.8 Å². The quantitative estimate of drug-likeness (QED) is 0.270. The fraction of sp³-hybridized carbons (Fsp3) is 0. The SMILES string of the molecule is Oc1c(I)cc(I)cc1C=NNc1nc(-c2ccccc2)cs1. The molecule has 4 nitrogen and oxygen atoms in total. The molecule has 23 heavy (non-hydrogen) atoms. The van der Waals surface area contributed by atoms with Crippen molar-refractivity contribution in [2.45, 2.75) is 0 Å². The minimum atomic E-state index is 0.237. The van der Waals surface area contributed by atoms with Gasteiger partial charge in [0, 0.05) is 20.1 Å². The molecule has 0 aliphatic heterocycles. The molecule has 3 aromatic rings. The number of thiazole rings is 1. The minimum absolute atomic E-state index is 0.237. The first-order chi connectivity index (χ1) is 11.1. The van der Waals surface area contributed by atoms with E-state index in [0.717, 1.165) is 18.4 Å². The molecule has 2 aromatic carbocycles. The normalized spacial score (nSPS) is 11.0. The van der Waals surface area contributed by atoms with Crippen molar-refractivity contribution in [2.75, 3.05) is 5.43 Å². The Hall–Kier alpha value is -1.20. The molecular formula is C16H11I2N3OS. The van der Waals surface area contributed by atoms with Gasteiger partial charge in [0.2, 0.25) is 5.13 Å². The molecule has 116 valence electrons. The molecule has 0 unspecified atom stereocenters. The number of hydrazone groups is 1. The Bertz CT molecular complexity index is 850. The monoisotopic (exact) mass is 547 g/mol. The van der Waals surface area contributed by atoms with Crippen LogP contribution in [0.25, 0.3) is 11.3 Å². The van der Waals surface area contributed by atoms with Crippen molar-refractivity contribution < 1.29 is 5.11 Å². The van der Waals surface area contributed by atoms with Crippen molar-refractivity contribution in [1.82, 2.24) is 4.98 Å². The molecule has 0 saturated heterocycles. The van der Waals surface area contributed by atoms with Crippen molar-refractivity contribution in [2.24, 2.45) is 5.10 Å². The van der Waals surface area contributed by atoms with Crippen molar-refractivity contribution in [1.29, 1.82) is 0 Å². The van der Waals surface area contributed by atoms with Crippen LogP contribution in [-0.4, -0.2) is 16.3 Å². The first kappa shape index (κ1) is 16.7. The lowest BCUT2D eigenvalue weighted by Crippen LogP contribution is -1.92. The van der Waals surface area contributed by atoms with Crippen LogP contribution in [0.4, 0.5) is 5.13 Å². The van der Waals surface area contributed by atoms with Crippen LogP contribution in [-0.2, 0) is 0 Å². The van der Waals surface area contributed by atoms with Crippen LogP contribution in [0.15, 0.2) is 52.9 Å². The molecule has 0 fully saturated rings. The number of phenolic OH excluding ortho intramolecular Hbond substituents is 1. The highest BCUT2D eigenvalue weighted by Crippen LogP contribution is 2.26. The van der Waals surface area contributed by atoms with E-state index in [0.29, 0.717) is 10.7 Å². The molecule has 0 saturated carbocycles. The lowest BCUT2D eigenvalue weighted by atomic mass is 10.2. The van der Waals surface area contributed by atoms with Crippen molar-refractivity contribution in [3.63, 3.8) is 0 Å². The second kappa shape index (κ2) is 7.58. The Balaban J connectivity index is 1.73. The topological polar surface area (TPSA) is 57.5 Å². The molecule has 0 amide bonds. The molecule has 0 spiro atoms. The standard InChI is InChI=1S/C16H11I2N3OS/c17-12-6-11(15(22)13(18)7-12)8-19-21-16-20-14(9-23-16)10-4-2-1-3-5-10/h1-9,22H,(H,20,21). The first-order valence-corrected chi connectivity index (χ1v) is 9.65. The Morgan fingerprint density at radius 2 is 1.96 bits per heavy atom. The number of aromatic nitrogens is 1. The maximum atomic E-state index is 10.0. The van der Waals surface area contributed by atoms with Crippen LogP contribution in [0.2, 0.25) is 0 Å². The third-order valence-electron chi connectivity index (χ3n) is 3.00. The summed E-state index contributed by atoms with van der Waals surface area (Å²) in [5, 5.41) is 16.9. The summed E-state index contributed by atoms with van der Waals surface area (Å²) >= 11 is 5.80. The molecule has 2 N–H and O–H groups in total. The third-order valence-corrected chi connectivity index (χ3v) is 5.19. The fourth-order valence-corrected chi connectivity index (χ4v) is 4.47. The number of hydrogen-bond acceptors (Lipinski definition) is 5. The molecule has 0 atom stereocenters. The lowest BCUT2D eigenvalue weighted by molar-refractivity contribution is 0.470. The van der Waals surface area contributed by atoms with Gasteiger partial charge in [-0.1, -0.05) is 30.3 Å². The van der Waals surface area contributed by atoms with Crippen molar-refractivity contribution in [3.8, 4) is 17.0 Å². The van der Waals surface area contributed by atoms with E-state index in [2.05, 4.69) is 60.7 Å². The van der Waals surface area contributed by atoms with Gasteiger partial charge in [0.05, 0.1) is 15.5 Å². The summed E-state index contributed by atoms with van der Waals surface area (Å²) in [6.07, 6.45) is 1.60. The van der Waals surface area contributed by atoms with Gasteiger partial charge in [0.15, 0.2) is 0 Å². The molecule has 0 aliphatic rings. The maximum Gasteiger partial charge on any atom is 0.203 e. The van der Waals surface area contributed by atoms with Gasteiger partial charge >= 0.3 is 0 Å². The van der Waals surface area contributed by atoms with Gasteiger partial charge in [-0.3, -0.25) is 5.43 Å². The van der Waals surface area contributed by atoms with Crippen LogP contribution in [0.3, 0.4) is 0 Å². The van der Waals surface area contributed by atoms with Crippen LogP contribution >= 0.6 is 56.5 Å². The predicted octanol–water partition coefficient (Wildman–Crippen LogP) is 5.17. The van der Waals surface area contributed by atoms with Crippen molar-refractivity contribution in [3.05, 3.63) is 60.5 Å². The number of anilines is 1. The predicted molar refractivity (Wildman–Crippen MR) is 112 cm³/mol. The van der Waals surface area contributed by atoms with Crippen LogP contribution in [0.1, 0.15) is 5.56 Å². The van der Waals surface area contributed by atoms with E-state index in [-0.39, 0.29) is 5.75 Å². The van der Waals surface area contributed by atoms with Gasteiger partial charge in [-0.2, -0.15) is 5.10 Å². The Morgan fingerprint density at radius 1 is 1.17 bits per heavy atom. The Kier molecular flexibility index (Phi) is 5.49. The number of rotatable bonds is 4. The van der Waals surface area contributed by atoms with Gasteiger partial charge in [-0.25, -0.2) is 4.98 Å². The van der Waals surface area contributed by atoms with E-state index < -0.39 is 0 Å². The number of phenols is 1. The number of hydrogen-bond donors (Lipinski definition) is 2. The molecule has 1 heterocycles. The Labute approximate surface area is 165 Å². The van der Waals surface area contributed by atoms with Crippen LogP contribution < -0.4 is 5.43 Å². The van der Waals surface area contributed by atoms with E-state index in [1.54, 1.807) is 6.21 Å². The maximum absolute atomic E-state index is 10.0. The molecule has 0 aliphatic carbocycles. The highest BCUT2D eigenvalue weighted by atomic mass is 127. The average molecular weight is 547 g/mol. The largest absolute Gasteiger partial charge is 0.506 e. The second-order valence-electron chi connectivity index (χ2n) is 4.60. The zero-order valence-corrected chi connectivity index (χ0v) is 16.8. The number of nitrogens with zero attached hydrogens (tertiary/aromatic N) is 2. The molecule has 0 radical (unpaired) electrons. The van der Waals surface area contributed by atoms with Gasteiger partial charge in [-0.05, 0) is 57.3 Å². The summed E-state index contributed by atoms with van der Waals surface area (Å²) in [4.78, 5) is 4.50. The summed E-state index contributed by atoms with van der Waals surface area (Å²) in [6.45, 7) is 0. The van der Waals surface area contributed by atoms with Crippen LogP contribution in [0, 0.1) is 7.14 Å². The van der Waals surface area contributed by atoms with E-state index >= 15 is 0 Å². The number of halogens is 2. The number of aromatic hydroxyl groups is 1. The van der Waals surface area contributed by atoms with Gasteiger partial charge in [-0.15, -0.1) is 11.3 Å². The third kappa shape index (κ3) is 4.21. The van der Waals surface area contributed by atoms with Gasteiger partial charge in [0.1, 0.15) is 5.75 Å². The highest BCUT2D eigenvalue weighted by molar-refractivity contribution is 14.1. The molecule has 7 heteroatoms. The summed E-state index contributed by atoms with van der Waals surface area (Å²) in [5.74, 6) is 0.237. The van der Waals surface area contributed by atoms with Crippen LogP contribution in [0.5, 0.6) is 5.75 Å².